The predicted molar refractivity (Wildman–Crippen MR) is 132 cm³/mol. The number of nitro benzene ring substituents is 1. The van der Waals surface area contributed by atoms with Gasteiger partial charge in [0.15, 0.2) is 17.1 Å². The molecule has 3 rings (SSSR count). The fraction of sp³-hybridized carbons (Fsp3) is 0.375. The van der Waals surface area contributed by atoms with Gasteiger partial charge in [0.1, 0.15) is 11.6 Å². The molecular formula is C24H28FN5O4S. The predicted octanol–water partition coefficient (Wildman–Crippen LogP) is 5.90. The highest BCUT2D eigenvalue weighted by molar-refractivity contribution is 7.99. The highest BCUT2D eigenvalue weighted by atomic mass is 32.2. The van der Waals surface area contributed by atoms with Crippen LogP contribution in [0.15, 0.2) is 47.6 Å². The standard InChI is InChI=1S/C24H28FN5O4S/c1-14(2)17-6-9-19(10-7-17)34-16(5)23-27-28-24(29(23)15(3)4)35-13-22(31)26-21-12-18(30(32)33)8-11-20(21)25/h6-12,14-16H,13H2,1-5H3,(H,26,31). The number of nitro groups is 1. The van der Waals surface area contributed by atoms with E-state index in [2.05, 4.69) is 29.4 Å². The second-order valence-electron chi connectivity index (χ2n) is 8.55. The van der Waals surface area contributed by atoms with Gasteiger partial charge in [-0.25, -0.2) is 4.39 Å². The molecule has 3 aromatic rings. The third kappa shape index (κ3) is 6.56. The first-order valence-electron chi connectivity index (χ1n) is 11.1. The number of hydrogen-bond donors (Lipinski definition) is 1. The van der Waals surface area contributed by atoms with Crippen LogP contribution in [0.5, 0.6) is 5.75 Å². The average molecular weight is 502 g/mol. The van der Waals surface area contributed by atoms with Crippen molar-refractivity contribution in [1.29, 1.82) is 0 Å². The van der Waals surface area contributed by atoms with E-state index in [0.29, 0.717) is 22.6 Å². The second kappa shape index (κ2) is 11.3. The zero-order valence-electron chi connectivity index (χ0n) is 20.2. The SMILES string of the molecule is CC(C)c1ccc(OC(C)c2nnc(SCC(=O)Nc3cc([N+](=O)[O-])ccc3F)n2C(C)C)cc1. The molecule has 1 amide bonds. The van der Waals surface area contributed by atoms with Crippen LogP contribution in [0.1, 0.15) is 64.1 Å². The van der Waals surface area contributed by atoms with Gasteiger partial charge in [-0.2, -0.15) is 0 Å². The summed E-state index contributed by atoms with van der Waals surface area (Å²) in [5.41, 5.74) is 0.657. The smallest absolute Gasteiger partial charge is 0.271 e. The number of non-ortho nitro benzene ring substituents is 1. The van der Waals surface area contributed by atoms with Crippen molar-refractivity contribution in [3.63, 3.8) is 0 Å². The Labute approximate surface area is 207 Å². The topological polar surface area (TPSA) is 112 Å². The molecule has 0 radical (unpaired) electrons. The van der Waals surface area contributed by atoms with Crippen LogP contribution >= 0.6 is 11.8 Å². The van der Waals surface area contributed by atoms with E-state index in [9.17, 15) is 19.3 Å². The average Bonchev–Trinajstić information content (AvgIpc) is 3.24. The van der Waals surface area contributed by atoms with E-state index in [1.807, 2.05) is 49.6 Å². The van der Waals surface area contributed by atoms with Gasteiger partial charge in [0.25, 0.3) is 5.69 Å². The zero-order valence-corrected chi connectivity index (χ0v) is 21.0. The number of aromatic nitrogens is 3. The summed E-state index contributed by atoms with van der Waals surface area (Å²) in [6.45, 7) is 10.1. The molecule has 0 saturated carbocycles. The maximum Gasteiger partial charge on any atom is 0.271 e. The Kier molecular flexibility index (Phi) is 8.44. The van der Waals surface area contributed by atoms with Crippen LogP contribution in [0, 0.1) is 15.9 Å². The van der Waals surface area contributed by atoms with E-state index in [4.69, 9.17) is 4.74 Å². The number of benzene rings is 2. The van der Waals surface area contributed by atoms with Gasteiger partial charge in [0, 0.05) is 18.2 Å². The Hall–Kier alpha value is -3.47. The van der Waals surface area contributed by atoms with E-state index in [0.717, 1.165) is 30.0 Å². The van der Waals surface area contributed by atoms with E-state index in [-0.39, 0.29) is 23.2 Å². The largest absolute Gasteiger partial charge is 0.483 e. The van der Waals surface area contributed by atoms with Crippen molar-refractivity contribution >= 4 is 29.0 Å². The fourth-order valence-electron chi connectivity index (χ4n) is 3.38. The third-order valence-electron chi connectivity index (χ3n) is 5.20. The maximum absolute atomic E-state index is 14.0. The van der Waals surface area contributed by atoms with Crippen LogP contribution in [0.25, 0.3) is 0 Å². The molecule has 0 fully saturated rings. The lowest BCUT2D eigenvalue weighted by molar-refractivity contribution is -0.384. The minimum absolute atomic E-state index is 0.00542. The van der Waals surface area contributed by atoms with Gasteiger partial charge >= 0.3 is 0 Å². The molecule has 0 aliphatic rings. The summed E-state index contributed by atoms with van der Waals surface area (Å²) in [5, 5.41) is 22.3. The first kappa shape index (κ1) is 26.1. The van der Waals surface area contributed by atoms with Crippen molar-refractivity contribution in [1.82, 2.24) is 14.8 Å². The lowest BCUT2D eigenvalue weighted by Crippen LogP contribution is -2.17. The van der Waals surface area contributed by atoms with Crippen molar-refractivity contribution in [2.75, 3.05) is 11.1 Å². The van der Waals surface area contributed by atoms with Gasteiger partial charge in [-0.15, -0.1) is 10.2 Å². The fourth-order valence-corrected chi connectivity index (χ4v) is 4.25. The van der Waals surface area contributed by atoms with Gasteiger partial charge in [-0.05, 0) is 50.5 Å². The summed E-state index contributed by atoms with van der Waals surface area (Å²) in [5.74, 6) is 0.390. The van der Waals surface area contributed by atoms with Crippen molar-refractivity contribution in [2.24, 2.45) is 0 Å². The molecule has 9 nitrogen and oxygen atoms in total. The maximum atomic E-state index is 14.0. The molecule has 35 heavy (non-hydrogen) atoms. The van der Waals surface area contributed by atoms with Crippen LogP contribution in [0.4, 0.5) is 15.8 Å². The molecule has 1 aromatic heterocycles. The number of carbonyl (C=O) groups is 1. The molecule has 0 bridgehead atoms. The van der Waals surface area contributed by atoms with Crippen LogP contribution in [-0.2, 0) is 4.79 Å². The number of carbonyl (C=O) groups excluding carboxylic acids is 1. The monoisotopic (exact) mass is 501 g/mol. The molecule has 1 unspecified atom stereocenters. The van der Waals surface area contributed by atoms with Gasteiger partial charge in [0.2, 0.25) is 5.91 Å². The summed E-state index contributed by atoms with van der Waals surface area (Å²) < 4.78 is 21.9. The van der Waals surface area contributed by atoms with Crippen LogP contribution in [0.2, 0.25) is 0 Å². The highest BCUT2D eigenvalue weighted by Gasteiger charge is 2.22. The third-order valence-corrected chi connectivity index (χ3v) is 6.14. The molecule has 186 valence electrons. The molecular weight excluding hydrogens is 473 g/mol. The molecule has 1 N–H and O–H groups in total. The second-order valence-corrected chi connectivity index (χ2v) is 9.49. The Morgan fingerprint density at radius 2 is 1.83 bits per heavy atom. The summed E-state index contributed by atoms with van der Waals surface area (Å²) >= 11 is 1.13. The number of nitrogens with zero attached hydrogens (tertiary/aromatic N) is 4. The number of nitrogens with one attached hydrogen (secondary N) is 1. The number of ether oxygens (including phenoxy) is 1. The van der Waals surface area contributed by atoms with Gasteiger partial charge in [-0.3, -0.25) is 14.9 Å². The molecule has 1 heterocycles. The van der Waals surface area contributed by atoms with E-state index < -0.39 is 22.8 Å². The van der Waals surface area contributed by atoms with Gasteiger partial charge in [0.05, 0.1) is 16.4 Å². The summed E-state index contributed by atoms with van der Waals surface area (Å²) in [4.78, 5) is 22.7. The molecule has 0 aliphatic heterocycles. The lowest BCUT2D eigenvalue weighted by atomic mass is 10.0. The Morgan fingerprint density at radius 1 is 1.14 bits per heavy atom. The van der Waals surface area contributed by atoms with Crippen molar-refractivity contribution < 1.29 is 18.8 Å². The first-order chi connectivity index (χ1) is 16.6. The first-order valence-corrected chi connectivity index (χ1v) is 12.1. The number of thioether (sulfide) groups is 1. The van der Waals surface area contributed by atoms with Crippen LogP contribution < -0.4 is 10.1 Å². The van der Waals surface area contributed by atoms with Crippen molar-refractivity contribution in [3.05, 3.63) is 69.8 Å². The summed E-state index contributed by atoms with van der Waals surface area (Å²) in [6.07, 6.45) is -0.392. The molecule has 1 atom stereocenters. The summed E-state index contributed by atoms with van der Waals surface area (Å²) in [6, 6.07) is 10.9. The lowest BCUT2D eigenvalue weighted by Gasteiger charge is -2.19. The normalized spacial score (nSPS) is 12.1. The Bertz CT molecular complexity index is 1200. The quantitative estimate of drug-likeness (QED) is 0.209. The minimum Gasteiger partial charge on any atom is -0.483 e. The van der Waals surface area contributed by atoms with E-state index >= 15 is 0 Å². The van der Waals surface area contributed by atoms with E-state index in [1.54, 1.807) is 0 Å². The Morgan fingerprint density at radius 3 is 2.43 bits per heavy atom. The Balaban J connectivity index is 1.69. The summed E-state index contributed by atoms with van der Waals surface area (Å²) in [7, 11) is 0. The molecule has 11 heteroatoms. The van der Waals surface area contributed by atoms with E-state index in [1.165, 1.54) is 5.56 Å². The highest BCUT2D eigenvalue weighted by Crippen LogP contribution is 2.29. The van der Waals surface area contributed by atoms with Gasteiger partial charge in [-0.1, -0.05) is 37.7 Å². The minimum atomic E-state index is -0.756. The number of rotatable bonds is 10. The number of hydrogen-bond acceptors (Lipinski definition) is 7. The number of halogens is 1. The van der Waals surface area contributed by atoms with Gasteiger partial charge < -0.3 is 14.6 Å². The van der Waals surface area contributed by atoms with Crippen LogP contribution in [-0.4, -0.2) is 31.3 Å². The molecule has 0 aliphatic carbocycles. The molecule has 2 aromatic carbocycles. The molecule has 0 spiro atoms. The van der Waals surface area contributed by atoms with Crippen LogP contribution in [0.3, 0.4) is 0 Å². The number of amides is 1. The number of anilines is 1. The molecule has 0 saturated heterocycles. The zero-order chi connectivity index (χ0) is 25.7. The van der Waals surface area contributed by atoms with Crippen molar-refractivity contribution in [3.8, 4) is 5.75 Å². The van der Waals surface area contributed by atoms with Crippen molar-refractivity contribution in [2.45, 2.75) is 57.8 Å².